The Morgan fingerprint density at radius 2 is 1.19 bits per heavy atom. The number of alkyl halides is 1. The monoisotopic (exact) mass is 542 g/mol. The van der Waals surface area contributed by atoms with Gasteiger partial charge in [0.25, 0.3) is 0 Å². The van der Waals surface area contributed by atoms with Crippen molar-refractivity contribution in [3.63, 3.8) is 0 Å². The van der Waals surface area contributed by atoms with E-state index in [0.717, 1.165) is 19.5 Å². The molecule has 0 rings (SSSR count). The van der Waals surface area contributed by atoms with Crippen LogP contribution in [-0.4, -0.2) is 86.8 Å². The summed E-state index contributed by atoms with van der Waals surface area (Å²) in [4.78, 5) is 4.25. The molecule has 0 heterocycles. The van der Waals surface area contributed by atoms with Crippen LogP contribution < -0.4 is 0 Å². The van der Waals surface area contributed by atoms with Crippen LogP contribution in [0.5, 0.6) is 0 Å². The molecule has 0 aliphatic carbocycles. The van der Waals surface area contributed by atoms with E-state index in [9.17, 15) is 9.13 Å². The number of hydrogen-bond acceptors (Lipinski definition) is 8. The summed E-state index contributed by atoms with van der Waals surface area (Å²) >= 11 is 2.02. The van der Waals surface area contributed by atoms with Crippen molar-refractivity contribution in [3.8, 4) is 0 Å². The van der Waals surface area contributed by atoms with E-state index in [1.165, 1.54) is 0 Å². The molecule has 164 valence electrons. The average molecular weight is 542 g/mol. The highest BCUT2D eigenvalue weighted by atomic mass is 127. The lowest BCUT2D eigenvalue weighted by molar-refractivity contribution is 0.209. The van der Waals surface area contributed by atoms with Crippen molar-refractivity contribution in [2.45, 2.75) is 27.2 Å². The summed E-state index contributed by atoms with van der Waals surface area (Å²) in [5.41, 5.74) is 0. The van der Waals surface area contributed by atoms with Gasteiger partial charge >= 0.3 is 15.2 Å². The molecule has 0 amide bonds. The van der Waals surface area contributed by atoms with Crippen molar-refractivity contribution in [1.29, 1.82) is 0 Å². The van der Waals surface area contributed by atoms with Gasteiger partial charge in [-0.3, -0.25) is 13.7 Å². The van der Waals surface area contributed by atoms with Crippen molar-refractivity contribution < 1.29 is 27.2 Å². The molecule has 0 aromatic rings. The maximum atomic E-state index is 12.7. The lowest BCUT2D eigenvalue weighted by Crippen LogP contribution is -2.33. The fourth-order valence-electron chi connectivity index (χ4n) is 2.47. The molecule has 1 unspecified atom stereocenters. The molecule has 0 aliphatic heterocycles. The van der Waals surface area contributed by atoms with E-state index in [4.69, 9.17) is 18.1 Å². The first kappa shape index (κ1) is 27.9. The topological polar surface area (TPSA) is 77.5 Å². The Morgan fingerprint density at radius 3 is 1.56 bits per heavy atom. The molecule has 0 spiro atoms. The quantitative estimate of drug-likeness (QED) is 0.145. The highest BCUT2D eigenvalue weighted by molar-refractivity contribution is 14.1. The van der Waals surface area contributed by atoms with E-state index < -0.39 is 15.2 Å². The van der Waals surface area contributed by atoms with E-state index in [1.807, 2.05) is 36.7 Å². The molecule has 8 nitrogen and oxygen atoms in total. The van der Waals surface area contributed by atoms with Gasteiger partial charge in [-0.2, -0.15) is 0 Å². The van der Waals surface area contributed by atoms with Gasteiger partial charge in [-0.15, -0.1) is 0 Å². The zero-order valence-electron chi connectivity index (χ0n) is 17.4. The molecule has 0 saturated heterocycles. The maximum absolute atomic E-state index is 12.7. The van der Waals surface area contributed by atoms with Gasteiger partial charge in [-0.1, -0.05) is 22.6 Å². The van der Waals surface area contributed by atoms with Crippen molar-refractivity contribution in [3.05, 3.63) is 0 Å². The van der Waals surface area contributed by atoms with E-state index in [2.05, 4.69) is 9.80 Å². The Kier molecular flexibility index (Phi) is 16.3. The van der Waals surface area contributed by atoms with Crippen molar-refractivity contribution in [2.75, 3.05) is 77.0 Å². The van der Waals surface area contributed by atoms with Crippen LogP contribution in [0.25, 0.3) is 0 Å². The molecular formula is C16H37IN2O6P2. The molecule has 27 heavy (non-hydrogen) atoms. The van der Waals surface area contributed by atoms with Crippen LogP contribution in [0.3, 0.4) is 0 Å². The van der Waals surface area contributed by atoms with Gasteiger partial charge in [-0.05, 0) is 54.4 Å². The van der Waals surface area contributed by atoms with Crippen LogP contribution >= 0.6 is 37.8 Å². The van der Waals surface area contributed by atoms with Gasteiger partial charge in [0.15, 0.2) is 0 Å². The number of hydrogen-bond donors (Lipinski definition) is 0. The van der Waals surface area contributed by atoms with Gasteiger partial charge in [0, 0.05) is 13.1 Å². The van der Waals surface area contributed by atoms with Gasteiger partial charge in [0.2, 0.25) is 0 Å². The van der Waals surface area contributed by atoms with Crippen LogP contribution in [-0.2, 0) is 27.2 Å². The normalized spacial score (nSPS) is 14.8. The summed E-state index contributed by atoms with van der Waals surface area (Å²) in [6.45, 7) is 9.28. The third kappa shape index (κ3) is 13.7. The fraction of sp³-hybridized carbons (Fsp3) is 1.00. The van der Waals surface area contributed by atoms with Crippen LogP contribution in [0.4, 0.5) is 0 Å². The minimum atomic E-state index is -3.11. The van der Waals surface area contributed by atoms with Crippen LogP contribution in [0, 0.1) is 0 Å². The summed E-state index contributed by atoms with van der Waals surface area (Å²) in [5.74, 6) is 0. The summed E-state index contributed by atoms with van der Waals surface area (Å²) in [6, 6.07) is 0. The van der Waals surface area contributed by atoms with E-state index in [-0.39, 0.29) is 0 Å². The maximum Gasteiger partial charge on any atom is 0.332 e. The molecule has 0 fully saturated rings. The Bertz CT molecular complexity index is 416. The summed E-state index contributed by atoms with van der Waals surface area (Å²) in [7, 11) is -2.15. The SMILES string of the molecule is CCOP(=O)(CCN(CCCN(C)C)CCP(=O)(OCC)OCI)OCC. The first-order valence-electron chi connectivity index (χ1n) is 9.43. The highest BCUT2D eigenvalue weighted by Gasteiger charge is 2.27. The van der Waals surface area contributed by atoms with Gasteiger partial charge in [0.1, 0.15) is 4.61 Å². The van der Waals surface area contributed by atoms with Crippen LogP contribution in [0.15, 0.2) is 0 Å². The Hall–Kier alpha value is 0.950. The molecule has 0 aliphatic rings. The smallest absolute Gasteiger partial charge is 0.309 e. The van der Waals surface area contributed by atoms with E-state index >= 15 is 0 Å². The predicted octanol–water partition coefficient (Wildman–Crippen LogP) is 4.14. The second kappa shape index (κ2) is 15.7. The zero-order chi connectivity index (χ0) is 20.8. The molecule has 0 radical (unpaired) electrons. The lowest BCUT2D eigenvalue weighted by Gasteiger charge is -2.27. The molecule has 0 saturated carbocycles. The minimum Gasteiger partial charge on any atom is -0.309 e. The van der Waals surface area contributed by atoms with Gasteiger partial charge in [-0.25, -0.2) is 0 Å². The average Bonchev–Trinajstić information content (AvgIpc) is 2.57. The third-order valence-corrected chi connectivity index (χ3v) is 8.46. The Labute approximate surface area is 178 Å². The summed E-state index contributed by atoms with van der Waals surface area (Å²) in [6.07, 6.45) is 1.56. The van der Waals surface area contributed by atoms with E-state index in [1.54, 1.807) is 20.8 Å². The van der Waals surface area contributed by atoms with Gasteiger partial charge < -0.3 is 23.4 Å². The van der Waals surface area contributed by atoms with E-state index in [0.29, 0.717) is 49.8 Å². The first-order chi connectivity index (χ1) is 12.7. The summed E-state index contributed by atoms with van der Waals surface area (Å²) < 4.78 is 47.3. The van der Waals surface area contributed by atoms with Gasteiger partial charge in [0.05, 0.1) is 32.1 Å². The molecule has 1 atom stereocenters. The largest absolute Gasteiger partial charge is 0.332 e. The molecular weight excluding hydrogens is 505 g/mol. The predicted molar refractivity (Wildman–Crippen MR) is 119 cm³/mol. The minimum absolute atomic E-state index is 0.305. The van der Waals surface area contributed by atoms with Crippen molar-refractivity contribution >= 4 is 37.8 Å². The lowest BCUT2D eigenvalue weighted by atomic mass is 10.3. The van der Waals surface area contributed by atoms with Crippen molar-refractivity contribution in [1.82, 2.24) is 9.80 Å². The Balaban J connectivity index is 4.89. The fourth-order valence-corrected chi connectivity index (χ4v) is 6.79. The second-order valence-corrected chi connectivity index (χ2v) is 11.2. The molecule has 11 heteroatoms. The van der Waals surface area contributed by atoms with Crippen LogP contribution in [0.1, 0.15) is 27.2 Å². The second-order valence-electron chi connectivity index (χ2n) is 6.16. The summed E-state index contributed by atoms with van der Waals surface area (Å²) in [5, 5.41) is 0. The number of nitrogens with zero attached hydrogens (tertiary/aromatic N) is 2. The molecule has 0 aromatic carbocycles. The van der Waals surface area contributed by atoms with Crippen molar-refractivity contribution in [2.24, 2.45) is 0 Å². The zero-order valence-corrected chi connectivity index (χ0v) is 21.3. The molecule has 0 N–H and O–H groups in total. The van der Waals surface area contributed by atoms with Crippen LogP contribution in [0.2, 0.25) is 0 Å². The Morgan fingerprint density at radius 1 is 0.741 bits per heavy atom. The third-order valence-electron chi connectivity index (χ3n) is 3.68. The molecule has 0 bridgehead atoms. The number of halogens is 1. The number of rotatable bonds is 18. The first-order valence-corrected chi connectivity index (χ1v) is 14.4. The molecule has 0 aromatic heterocycles. The highest BCUT2D eigenvalue weighted by Crippen LogP contribution is 2.49. The standard InChI is InChI=1S/C16H37IN2O6P2/c1-6-22-26(20,23-7-2)14-12-19(11-9-10-18(4)5)13-15-27(21,24-8-3)25-16-17/h6-16H2,1-5H3.